The second kappa shape index (κ2) is 9.78. The van der Waals surface area contributed by atoms with Crippen LogP contribution >= 0.6 is 0 Å². The molecule has 2 aromatic carbocycles. The van der Waals surface area contributed by atoms with Gasteiger partial charge in [0.1, 0.15) is 37.4 Å². The Morgan fingerprint density at radius 2 is 1.84 bits per heavy atom. The number of carbonyl (C=O) groups is 1. The van der Waals surface area contributed by atoms with Crippen LogP contribution in [0.1, 0.15) is 6.92 Å². The molecule has 9 nitrogen and oxygen atoms in total. The number of nitrogens with zero attached hydrogens (tertiary/aromatic N) is 1. The number of methoxy groups -OCH3 is 1. The van der Waals surface area contributed by atoms with E-state index in [1.54, 1.807) is 49.6 Å². The normalized spacial score (nSPS) is 13.8. The van der Waals surface area contributed by atoms with Crippen molar-refractivity contribution in [3.8, 4) is 23.0 Å². The number of nitrogens with one attached hydrogen (secondary N) is 1. The number of hydrogen-bond donors (Lipinski definition) is 1. The van der Waals surface area contributed by atoms with E-state index in [9.17, 15) is 13.2 Å². The van der Waals surface area contributed by atoms with Crippen LogP contribution in [0, 0.1) is 0 Å². The van der Waals surface area contributed by atoms with E-state index >= 15 is 0 Å². The van der Waals surface area contributed by atoms with Gasteiger partial charge in [-0.2, -0.15) is 0 Å². The topological polar surface area (TPSA) is 103 Å². The predicted octanol–water partition coefficient (Wildman–Crippen LogP) is 1.82. The first-order valence-electron chi connectivity index (χ1n) is 9.73. The Bertz CT molecular complexity index is 1030. The van der Waals surface area contributed by atoms with Crippen molar-refractivity contribution in [1.82, 2.24) is 5.32 Å². The fourth-order valence-corrected chi connectivity index (χ4v) is 4.33. The van der Waals surface area contributed by atoms with Gasteiger partial charge in [0.25, 0.3) is 0 Å². The van der Waals surface area contributed by atoms with Crippen LogP contribution < -0.4 is 28.6 Å². The third kappa shape index (κ3) is 5.72. The summed E-state index contributed by atoms with van der Waals surface area (Å²) in [5, 5.41) is 2.71. The molecule has 3 rings (SSSR count). The van der Waals surface area contributed by atoms with Gasteiger partial charge in [-0.05, 0) is 31.2 Å². The van der Waals surface area contributed by atoms with Gasteiger partial charge in [-0.3, -0.25) is 9.10 Å². The van der Waals surface area contributed by atoms with Gasteiger partial charge in [-0.25, -0.2) is 8.42 Å². The molecule has 0 aliphatic carbocycles. The smallest absolute Gasteiger partial charge is 0.243 e. The number of fused-ring (bicyclic) bond motifs is 1. The van der Waals surface area contributed by atoms with Gasteiger partial charge in [0.15, 0.2) is 11.5 Å². The molecule has 1 atom stereocenters. The van der Waals surface area contributed by atoms with Crippen LogP contribution in [0.4, 0.5) is 5.69 Å². The standard InChI is InChI=1S/C21H26N2O7S/c1-15(21(24)22-9-10-28-18-6-4-5-17(14-18)27-2)23(31(3,25)26)16-7-8-19-20(13-16)30-12-11-29-19/h4-8,13-15H,9-12H2,1-3H3,(H,22,24)/t15-/m1/s1. The van der Waals surface area contributed by atoms with Gasteiger partial charge < -0.3 is 24.3 Å². The van der Waals surface area contributed by atoms with Gasteiger partial charge in [0.2, 0.25) is 15.9 Å². The summed E-state index contributed by atoms with van der Waals surface area (Å²) >= 11 is 0. The Kier molecular flexibility index (Phi) is 7.11. The molecule has 0 saturated heterocycles. The highest BCUT2D eigenvalue weighted by Gasteiger charge is 2.30. The third-order valence-electron chi connectivity index (χ3n) is 4.58. The van der Waals surface area contributed by atoms with E-state index < -0.39 is 22.0 Å². The Morgan fingerprint density at radius 1 is 1.13 bits per heavy atom. The van der Waals surface area contributed by atoms with Gasteiger partial charge in [0.05, 0.1) is 25.6 Å². The zero-order valence-corrected chi connectivity index (χ0v) is 18.5. The van der Waals surface area contributed by atoms with E-state index in [0.29, 0.717) is 41.9 Å². The molecule has 0 bridgehead atoms. The number of rotatable bonds is 9. The molecule has 10 heteroatoms. The van der Waals surface area contributed by atoms with Crippen LogP contribution in [-0.4, -0.2) is 60.1 Å². The Morgan fingerprint density at radius 3 is 2.55 bits per heavy atom. The van der Waals surface area contributed by atoms with E-state index in [-0.39, 0.29) is 13.2 Å². The summed E-state index contributed by atoms with van der Waals surface area (Å²) in [6.45, 7) is 2.75. The monoisotopic (exact) mass is 450 g/mol. The lowest BCUT2D eigenvalue weighted by Gasteiger charge is -2.29. The molecule has 0 saturated carbocycles. The molecule has 0 radical (unpaired) electrons. The minimum absolute atomic E-state index is 0.207. The molecule has 1 heterocycles. The van der Waals surface area contributed by atoms with Crippen LogP contribution in [-0.2, 0) is 14.8 Å². The van der Waals surface area contributed by atoms with Crippen molar-refractivity contribution in [3.05, 3.63) is 42.5 Å². The van der Waals surface area contributed by atoms with Crippen molar-refractivity contribution >= 4 is 21.6 Å². The summed E-state index contributed by atoms with van der Waals surface area (Å²) in [4.78, 5) is 12.7. The van der Waals surface area contributed by atoms with Crippen molar-refractivity contribution in [2.45, 2.75) is 13.0 Å². The predicted molar refractivity (Wildman–Crippen MR) is 116 cm³/mol. The Hall–Kier alpha value is -3.14. The number of benzene rings is 2. The van der Waals surface area contributed by atoms with Gasteiger partial charge >= 0.3 is 0 Å². The van der Waals surface area contributed by atoms with Crippen LogP contribution in [0.3, 0.4) is 0 Å². The molecule has 0 unspecified atom stereocenters. The molecular weight excluding hydrogens is 424 g/mol. The van der Waals surface area contributed by atoms with Crippen molar-refractivity contribution < 1.29 is 32.2 Å². The SMILES string of the molecule is COc1cccc(OCCNC(=O)[C@@H](C)N(c2ccc3c(c2)OCCO3)S(C)(=O)=O)c1. The minimum Gasteiger partial charge on any atom is -0.497 e. The lowest BCUT2D eigenvalue weighted by atomic mass is 10.2. The molecule has 1 aliphatic rings. The first-order valence-corrected chi connectivity index (χ1v) is 11.6. The zero-order chi connectivity index (χ0) is 22.4. The second-order valence-corrected chi connectivity index (χ2v) is 8.74. The van der Waals surface area contributed by atoms with Gasteiger partial charge in [0, 0.05) is 12.1 Å². The molecule has 1 amide bonds. The van der Waals surface area contributed by atoms with Crippen LogP contribution in [0.2, 0.25) is 0 Å². The summed E-state index contributed by atoms with van der Waals surface area (Å²) in [5.74, 6) is 1.80. The van der Waals surface area contributed by atoms with Crippen molar-refractivity contribution in [3.63, 3.8) is 0 Å². The Balaban J connectivity index is 1.63. The summed E-state index contributed by atoms with van der Waals surface area (Å²) in [7, 11) is -2.17. The van der Waals surface area contributed by atoms with Crippen LogP contribution in [0.25, 0.3) is 0 Å². The molecule has 0 spiro atoms. The van der Waals surface area contributed by atoms with Gasteiger partial charge in [-0.1, -0.05) is 6.07 Å². The van der Waals surface area contributed by atoms with Crippen molar-refractivity contribution in [2.75, 3.05) is 44.0 Å². The van der Waals surface area contributed by atoms with E-state index in [0.717, 1.165) is 10.6 Å². The van der Waals surface area contributed by atoms with Crippen LogP contribution in [0.15, 0.2) is 42.5 Å². The highest BCUT2D eigenvalue weighted by molar-refractivity contribution is 7.92. The molecule has 1 N–H and O–H groups in total. The zero-order valence-electron chi connectivity index (χ0n) is 17.7. The first-order chi connectivity index (χ1) is 14.8. The van der Waals surface area contributed by atoms with Gasteiger partial charge in [-0.15, -0.1) is 0 Å². The quantitative estimate of drug-likeness (QED) is 0.581. The number of carbonyl (C=O) groups excluding carboxylic acids is 1. The summed E-state index contributed by atoms with van der Waals surface area (Å²) in [5.41, 5.74) is 0.321. The molecule has 31 heavy (non-hydrogen) atoms. The maximum Gasteiger partial charge on any atom is 0.243 e. The number of ether oxygens (including phenoxy) is 4. The molecular formula is C21H26N2O7S. The minimum atomic E-state index is -3.74. The van der Waals surface area contributed by atoms with Crippen molar-refractivity contribution in [1.29, 1.82) is 0 Å². The Labute approximate surface area is 181 Å². The number of sulfonamides is 1. The summed E-state index contributed by atoms with van der Waals surface area (Å²) in [6, 6.07) is 10.9. The number of anilines is 1. The summed E-state index contributed by atoms with van der Waals surface area (Å²) < 4.78 is 47.7. The third-order valence-corrected chi connectivity index (χ3v) is 5.82. The van der Waals surface area contributed by atoms with E-state index in [4.69, 9.17) is 18.9 Å². The van der Waals surface area contributed by atoms with Crippen molar-refractivity contribution in [2.24, 2.45) is 0 Å². The molecule has 0 fully saturated rings. The van der Waals surface area contributed by atoms with E-state index in [1.165, 1.54) is 6.92 Å². The largest absolute Gasteiger partial charge is 0.497 e. The fraction of sp³-hybridized carbons (Fsp3) is 0.381. The van der Waals surface area contributed by atoms with Crippen LogP contribution in [0.5, 0.6) is 23.0 Å². The average Bonchev–Trinajstić information content (AvgIpc) is 2.75. The maximum atomic E-state index is 12.7. The highest BCUT2D eigenvalue weighted by atomic mass is 32.2. The number of hydrogen-bond acceptors (Lipinski definition) is 7. The number of amides is 1. The lowest BCUT2D eigenvalue weighted by Crippen LogP contribution is -2.48. The van der Waals surface area contributed by atoms with E-state index in [1.807, 2.05) is 0 Å². The second-order valence-electron chi connectivity index (χ2n) is 6.88. The van der Waals surface area contributed by atoms with E-state index in [2.05, 4.69) is 5.32 Å². The average molecular weight is 451 g/mol. The first kappa shape index (κ1) is 22.5. The maximum absolute atomic E-state index is 12.7. The fourth-order valence-electron chi connectivity index (χ4n) is 3.16. The molecule has 0 aromatic heterocycles. The summed E-state index contributed by atoms with van der Waals surface area (Å²) in [6.07, 6.45) is 1.06. The molecule has 2 aromatic rings. The molecule has 1 aliphatic heterocycles. The highest BCUT2D eigenvalue weighted by Crippen LogP contribution is 2.35. The molecule has 168 valence electrons. The lowest BCUT2D eigenvalue weighted by molar-refractivity contribution is -0.121.